The van der Waals surface area contributed by atoms with E-state index in [1.807, 2.05) is 18.2 Å². The summed E-state index contributed by atoms with van der Waals surface area (Å²) in [6.45, 7) is 1.69. The Kier molecular flexibility index (Phi) is 5.68. The fourth-order valence-electron chi connectivity index (χ4n) is 1.90. The Labute approximate surface area is 134 Å². The highest BCUT2D eigenvalue weighted by Crippen LogP contribution is 2.23. The van der Waals surface area contributed by atoms with E-state index in [0.717, 1.165) is 0 Å². The van der Waals surface area contributed by atoms with Crippen LogP contribution in [-0.4, -0.2) is 25.3 Å². The first-order valence-electron chi connectivity index (χ1n) is 7.09. The van der Waals surface area contributed by atoms with Gasteiger partial charge in [0.15, 0.2) is 0 Å². The Balaban J connectivity index is 1.94. The molecule has 0 aliphatic carbocycles. The molecule has 0 aliphatic heterocycles. The maximum Gasteiger partial charge on any atom is 0.262 e. The standard InChI is InChI=1S/C17H18FN3O2/c1-12(20-15-9-5-6-10-16(15)23-2)17(22)21-19-11-13-7-3-4-8-14(13)18/h3-12,20H,1-2H3,(H,21,22)/b19-11-/t12-/m0/s1. The molecule has 0 heterocycles. The number of carbonyl (C=O) groups excluding carboxylic acids is 1. The molecule has 2 aromatic carbocycles. The maximum atomic E-state index is 13.4. The van der Waals surface area contributed by atoms with E-state index < -0.39 is 11.9 Å². The predicted molar refractivity (Wildman–Crippen MR) is 88.2 cm³/mol. The molecule has 2 rings (SSSR count). The molecule has 2 N–H and O–H groups in total. The SMILES string of the molecule is COc1ccccc1N[C@@H](C)C(=O)N/N=C\c1ccccc1F. The smallest absolute Gasteiger partial charge is 0.262 e. The van der Waals surface area contributed by atoms with Crippen LogP contribution in [0.3, 0.4) is 0 Å². The Hall–Kier alpha value is -2.89. The fourth-order valence-corrected chi connectivity index (χ4v) is 1.90. The first-order valence-corrected chi connectivity index (χ1v) is 7.09. The molecule has 1 amide bonds. The quantitative estimate of drug-likeness (QED) is 0.636. The number of hydrogen-bond acceptors (Lipinski definition) is 4. The molecule has 0 saturated carbocycles. The van der Waals surface area contributed by atoms with Crippen LogP contribution < -0.4 is 15.5 Å². The summed E-state index contributed by atoms with van der Waals surface area (Å²) >= 11 is 0. The topological polar surface area (TPSA) is 62.7 Å². The van der Waals surface area contributed by atoms with Crippen LogP contribution in [0.5, 0.6) is 5.75 Å². The van der Waals surface area contributed by atoms with Crippen LogP contribution in [0, 0.1) is 5.82 Å². The number of para-hydroxylation sites is 2. The number of amides is 1. The lowest BCUT2D eigenvalue weighted by atomic mass is 10.2. The number of rotatable bonds is 6. The van der Waals surface area contributed by atoms with Gasteiger partial charge in [-0.1, -0.05) is 30.3 Å². The van der Waals surface area contributed by atoms with Crippen molar-refractivity contribution in [2.24, 2.45) is 5.10 Å². The van der Waals surface area contributed by atoms with Gasteiger partial charge in [0.2, 0.25) is 0 Å². The fraction of sp³-hybridized carbons (Fsp3) is 0.176. The zero-order chi connectivity index (χ0) is 16.7. The second-order valence-electron chi connectivity index (χ2n) is 4.82. The molecule has 120 valence electrons. The van der Waals surface area contributed by atoms with Crippen LogP contribution in [0.25, 0.3) is 0 Å². The van der Waals surface area contributed by atoms with E-state index in [9.17, 15) is 9.18 Å². The molecule has 0 spiro atoms. The van der Waals surface area contributed by atoms with E-state index in [0.29, 0.717) is 17.0 Å². The van der Waals surface area contributed by atoms with Gasteiger partial charge < -0.3 is 10.1 Å². The first kappa shape index (κ1) is 16.5. The van der Waals surface area contributed by atoms with Crippen molar-refractivity contribution in [1.82, 2.24) is 5.43 Å². The number of nitrogens with one attached hydrogen (secondary N) is 2. The molecule has 5 nitrogen and oxygen atoms in total. The molecule has 1 atom stereocenters. The van der Waals surface area contributed by atoms with Gasteiger partial charge in [0.25, 0.3) is 5.91 Å². The summed E-state index contributed by atoms with van der Waals surface area (Å²) in [4.78, 5) is 12.0. The van der Waals surface area contributed by atoms with Crippen molar-refractivity contribution in [2.75, 3.05) is 12.4 Å². The minimum absolute atomic E-state index is 0.304. The predicted octanol–water partition coefficient (Wildman–Crippen LogP) is 2.79. The van der Waals surface area contributed by atoms with Gasteiger partial charge in [-0.15, -0.1) is 0 Å². The van der Waals surface area contributed by atoms with Crippen molar-refractivity contribution in [2.45, 2.75) is 13.0 Å². The number of anilines is 1. The molecule has 0 fully saturated rings. The molecule has 0 unspecified atom stereocenters. The molecular formula is C17H18FN3O2. The van der Waals surface area contributed by atoms with E-state index in [-0.39, 0.29) is 5.91 Å². The highest BCUT2D eigenvalue weighted by Gasteiger charge is 2.13. The van der Waals surface area contributed by atoms with E-state index in [1.54, 1.807) is 38.3 Å². The Bertz CT molecular complexity index is 704. The van der Waals surface area contributed by atoms with E-state index in [4.69, 9.17) is 4.74 Å². The summed E-state index contributed by atoms with van der Waals surface area (Å²) in [5, 5.41) is 6.81. The summed E-state index contributed by atoms with van der Waals surface area (Å²) in [7, 11) is 1.56. The van der Waals surface area contributed by atoms with Gasteiger partial charge in [0.05, 0.1) is 19.0 Å². The third-order valence-electron chi connectivity index (χ3n) is 3.16. The van der Waals surface area contributed by atoms with Crippen LogP contribution >= 0.6 is 0 Å². The van der Waals surface area contributed by atoms with Crippen molar-refractivity contribution in [3.8, 4) is 5.75 Å². The van der Waals surface area contributed by atoms with E-state index in [1.165, 1.54) is 12.3 Å². The average molecular weight is 315 g/mol. The summed E-state index contributed by atoms with van der Waals surface area (Å²) in [5.41, 5.74) is 3.38. The third-order valence-corrected chi connectivity index (χ3v) is 3.16. The molecule has 0 aliphatic rings. The van der Waals surface area contributed by atoms with Crippen molar-refractivity contribution < 1.29 is 13.9 Å². The molecule has 0 aromatic heterocycles. The van der Waals surface area contributed by atoms with E-state index >= 15 is 0 Å². The monoisotopic (exact) mass is 315 g/mol. The lowest BCUT2D eigenvalue weighted by Gasteiger charge is -2.15. The van der Waals surface area contributed by atoms with Crippen LogP contribution in [0.15, 0.2) is 53.6 Å². The molecule has 0 saturated heterocycles. The Morgan fingerprint density at radius 3 is 2.65 bits per heavy atom. The minimum Gasteiger partial charge on any atom is -0.495 e. The zero-order valence-electron chi connectivity index (χ0n) is 12.9. The number of hydrogen-bond donors (Lipinski definition) is 2. The number of hydrazone groups is 1. The number of halogens is 1. The molecule has 0 radical (unpaired) electrons. The minimum atomic E-state index is -0.538. The Morgan fingerprint density at radius 2 is 1.91 bits per heavy atom. The van der Waals surface area contributed by atoms with Crippen molar-refractivity contribution >= 4 is 17.8 Å². The van der Waals surface area contributed by atoms with Crippen LogP contribution in [0.2, 0.25) is 0 Å². The number of methoxy groups -OCH3 is 1. The van der Waals surface area contributed by atoms with Crippen molar-refractivity contribution in [3.63, 3.8) is 0 Å². The van der Waals surface area contributed by atoms with Crippen molar-refractivity contribution in [1.29, 1.82) is 0 Å². The second kappa shape index (κ2) is 7.93. The number of nitrogens with zero attached hydrogens (tertiary/aromatic N) is 1. The third kappa shape index (κ3) is 4.54. The largest absolute Gasteiger partial charge is 0.495 e. The zero-order valence-corrected chi connectivity index (χ0v) is 12.9. The van der Waals surface area contributed by atoms with Gasteiger partial charge >= 0.3 is 0 Å². The number of benzene rings is 2. The average Bonchev–Trinajstić information content (AvgIpc) is 2.57. The van der Waals surface area contributed by atoms with Crippen molar-refractivity contribution in [3.05, 3.63) is 59.9 Å². The van der Waals surface area contributed by atoms with Gasteiger partial charge in [-0.2, -0.15) is 5.10 Å². The summed E-state index contributed by atoms with van der Waals surface area (Å²) in [5.74, 6) is -0.101. The van der Waals surface area contributed by atoms with Gasteiger partial charge in [-0.25, -0.2) is 9.82 Å². The first-order chi connectivity index (χ1) is 11.1. The van der Waals surface area contributed by atoms with Crippen LogP contribution in [-0.2, 0) is 4.79 Å². The molecule has 23 heavy (non-hydrogen) atoms. The molecule has 2 aromatic rings. The van der Waals surface area contributed by atoms with Crippen LogP contribution in [0.1, 0.15) is 12.5 Å². The van der Waals surface area contributed by atoms with Crippen LogP contribution in [0.4, 0.5) is 10.1 Å². The van der Waals surface area contributed by atoms with Gasteiger partial charge in [-0.05, 0) is 25.1 Å². The van der Waals surface area contributed by atoms with E-state index in [2.05, 4.69) is 15.8 Å². The molecular weight excluding hydrogens is 297 g/mol. The number of ether oxygens (including phenoxy) is 1. The van der Waals surface area contributed by atoms with Gasteiger partial charge in [-0.3, -0.25) is 4.79 Å². The van der Waals surface area contributed by atoms with Gasteiger partial charge in [0.1, 0.15) is 17.6 Å². The molecule has 0 bridgehead atoms. The summed E-state index contributed by atoms with van der Waals surface area (Å²) in [6.07, 6.45) is 1.27. The maximum absolute atomic E-state index is 13.4. The summed E-state index contributed by atoms with van der Waals surface area (Å²) < 4.78 is 18.6. The van der Waals surface area contributed by atoms with Gasteiger partial charge in [0, 0.05) is 5.56 Å². The normalized spacial score (nSPS) is 12.0. The molecule has 6 heteroatoms. The highest BCUT2D eigenvalue weighted by molar-refractivity contribution is 5.86. The Morgan fingerprint density at radius 1 is 1.22 bits per heavy atom. The number of carbonyl (C=O) groups is 1. The lowest BCUT2D eigenvalue weighted by Crippen LogP contribution is -2.35. The second-order valence-corrected chi connectivity index (χ2v) is 4.82. The highest BCUT2D eigenvalue weighted by atomic mass is 19.1. The lowest BCUT2D eigenvalue weighted by molar-refractivity contribution is -0.121. The summed E-state index contributed by atoms with van der Waals surface area (Å²) in [6, 6.07) is 12.9.